The SMILES string of the molecule is CCCc1cc(CCC)c(-c2cccc(Br)n2)c(CCC)c1. The number of aryl methyl sites for hydroxylation is 3. The van der Waals surface area contributed by atoms with Crippen molar-refractivity contribution in [3.8, 4) is 11.3 Å². The van der Waals surface area contributed by atoms with Crippen LogP contribution >= 0.6 is 15.9 Å². The zero-order chi connectivity index (χ0) is 15.9. The minimum absolute atomic E-state index is 0.910. The highest BCUT2D eigenvalue weighted by Crippen LogP contribution is 2.31. The zero-order valence-electron chi connectivity index (χ0n) is 14.0. The van der Waals surface area contributed by atoms with E-state index in [-0.39, 0.29) is 0 Å². The molecule has 1 nitrogen and oxygen atoms in total. The number of rotatable bonds is 7. The summed E-state index contributed by atoms with van der Waals surface area (Å²) in [6.07, 6.45) is 6.95. The summed E-state index contributed by atoms with van der Waals surface area (Å²) in [6, 6.07) is 11.0. The first kappa shape index (κ1) is 17.2. The highest BCUT2D eigenvalue weighted by atomic mass is 79.9. The van der Waals surface area contributed by atoms with Gasteiger partial charge in [-0.25, -0.2) is 4.98 Å². The fraction of sp³-hybridized carbons (Fsp3) is 0.450. The van der Waals surface area contributed by atoms with E-state index in [2.05, 4.69) is 61.0 Å². The molecule has 118 valence electrons. The summed E-state index contributed by atoms with van der Waals surface area (Å²) in [5.74, 6) is 0. The molecule has 0 saturated carbocycles. The van der Waals surface area contributed by atoms with Crippen LogP contribution in [0.4, 0.5) is 0 Å². The lowest BCUT2D eigenvalue weighted by Crippen LogP contribution is -2.01. The number of pyridine rings is 1. The fourth-order valence-corrected chi connectivity index (χ4v) is 3.43. The summed E-state index contributed by atoms with van der Waals surface area (Å²) < 4.78 is 0.910. The van der Waals surface area contributed by atoms with Gasteiger partial charge in [-0.2, -0.15) is 0 Å². The van der Waals surface area contributed by atoms with E-state index in [0.29, 0.717) is 0 Å². The van der Waals surface area contributed by atoms with Crippen LogP contribution in [0.25, 0.3) is 11.3 Å². The molecule has 0 aliphatic carbocycles. The third-order valence-electron chi connectivity index (χ3n) is 3.91. The van der Waals surface area contributed by atoms with E-state index in [1.165, 1.54) is 47.9 Å². The van der Waals surface area contributed by atoms with Gasteiger partial charge in [-0.3, -0.25) is 0 Å². The van der Waals surface area contributed by atoms with E-state index in [1.54, 1.807) is 0 Å². The van der Waals surface area contributed by atoms with E-state index < -0.39 is 0 Å². The molecule has 0 radical (unpaired) electrons. The Balaban J connectivity index is 2.61. The van der Waals surface area contributed by atoms with E-state index in [9.17, 15) is 0 Å². The largest absolute Gasteiger partial charge is 0.241 e. The van der Waals surface area contributed by atoms with Gasteiger partial charge in [0.1, 0.15) is 4.60 Å². The fourth-order valence-electron chi connectivity index (χ4n) is 3.08. The molecule has 1 aromatic carbocycles. The van der Waals surface area contributed by atoms with E-state index >= 15 is 0 Å². The Kier molecular flexibility index (Phi) is 6.63. The van der Waals surface area contributed by atoms with Crippen LogP contribution in [0.15, 0.2) is 34.9 Å². The lowest BCUT2D eigenvalue weighted by atomic mass is 9.89. The van der Waals surface area contributed by atoms with Crippen molar-refractivity contribution in [3.63, 3.8) is 0 Å². The van der Waals surface area contributed by atoms with Crippen molar-refractivity contribution in [3.05, 3.63) is 51.6 Å². The van der Waals surface area contributed by atoms with Crippen LogP contribution in [-0.4, -0.2) is 4.98 Å². The molecule has 2 heteroatoms. The van der Waals surface area contributed by atoms with E-state index in [4.69, 9.17) is 4.98 Å². The minimum atomic E-state index is 0.910. The number of hydrogen-bond acceptors (Lipinski definition) is 1. The highest BCUT2D eigenvalue weighted by molar-refractivity contribution is 9.10. The summed E-state index contributed by atoms with van der Waals surface area (Å²) in [7, 11) is 0. The predicted octanol–water partition coefficient (Wildman–Crippen LogP) is 6.37. The van der Waals surface area contributed by atoms with Crippen molar-refractivity contribution in [2.75, 3.05) is 0 Å². The maximum atomic E-state index is 4.72. The van der Waals surface area contributed by atoms with Crippen molar-refractivity contribution >= 4 is 15.9 Å². The quantitative estimate of drug-likeness (QED) is 0.523. The van der Waals surface area contributed by atoms with Gasteiger partial charge in [0.05, 0.1) is 5.69 Å². The maximum absolute atomic E-state index is 4.72. The van der Waals surface area contributed by atoms with Crippen molar-refractivity contribution in [2.24, 2.45) is 0 Å². The predicted molar refractivity (Wildman–Crippen MR) is 99.4 cm³/mol. The monoisotopic (exact) mass is 359 g/mol. The van der Waals surface area contributed by atoms with Gasteiger partial charge in [-0.15, -0.1) is 0 Å². The molecule has 0 amide bonds. The first-order valence-corrected chi connectivity index (χ1v) is 9.26. The van der Waals surface area contributed by atoms with Crippen LogP contribution in [0, 0.1) is 0 Å². The van der Waals surface area contributed by atoms with Crippen LogP contribution in [0.3, 0.4) is 0 Å². The topological polar surface area (TPSA) is 12.9 Å². The molecule has 2 aromatic rings. The van der Waals surface area contributed by atoms with Gasteiger partial charge in [0.2, 0.25) is 0 Å². The van der Waals surface area contributed by atoms with Gasteiger partial charge in [0.25, 0.3) is 0 Å². The second kappa shape index (κ2) is 8.47. The second-order valence-corrected chi connectivity index (χ2v) is 6.70. The highest BCUT2D eigenvalue weighted by Gasteiger charge is 2.13. The molecule has 0 bridgehead atoms. The Morgan fingerprint density at radius 2 is 1.45 bits per heavy atom. The Labute approximate surface area is 143 Å². The van der Waals surface area contributed by atoms with Crippen LogP contribution in [0.2, 0.25) is 0 Å². The Hall–Kier alpha value is -1.15. The molecule has 0 spiro atoms. The van der Waals surface area contributed by atoms with Crippen LogP contribution in [-0.2, 0) is 19.3 Å². The molecular weight excluding hydrogens is 334 g/mol. The molecule has 0 aliphatic rings. The van der Waals surface area contributed by atoms with Gasteiger partial charge in [0.15, 0.2) is 0 Å². The molecule has 0 fully saturated rings. The molecule has 22 heavy (non-hydrogen) atoms. The normalized spacial score (nSPS) is 10.9. The van der Waals surface area contributed by atoms with E-state index in [0.717, 1.165) is 23.1 Å². The maximum Gasteiger partial charge on any atom is 0.106 e. The summed E-state index contributed by atoms with van der Waals surface area (Å²) in [6.45, 7) is 6.76. The molecule has 2 rings (SSSR count). The van der Waals surface area contributed by atoms with Crippen molar-refractivity contribution in [1.82, 2.24) is 4.98 Å². The van der Waals surface area contributed by atoms with E-state index in [1.807, 2.05) is 6.07 Å². The van der Waals surface area contributed by atoms with Crippen molar-refractivity contribution < 1.29 is 0 Å². The number of benzene rings is 1. The molecule has 1 aromatic heterocycles. The number of halogens is 1. The Morgan fingerprint density at radius 1 is 0.864 bits per heavy atom. The van der Waals surface area contributed by atoms with Gasteiger partial charge < -0.3 is 0 Å². The first-order chi connectivity index (χ1) is 10.7. The van der Waals surface area contributed by atoms with Crippen molar-refractivity contribution in [1.29, 1.82) is 0 Å². The molecule has 0 saturated heterocycles. The molecular formula is C20H26BrN. The standard InChI is InChI=1S/C20H26BrN/c1-4-8-15-13-16(9-5-2)20(17(14-15)10-6-3)18-11-7-12-19(21)22-18/h7,11-14H,4-6,8-10H2,1-3H3. The Morgan fingerprint density at radius 3 is 1.95 bits per heavy atom. The second-order valence-electron chi connectivity index (χ2n) is 5.88. The minimum Gasteiger partial charge on any atom is -0.241 e. The summed E-state index contributed by atoms with van der Waals surface area (Å²) in [5.41, 5.74) is 6.87. The summed E-state index contributed by atoms with van der Waals surface area (Å²) in [4.78, 5) is 4.72. The number of nitrogens with zero attached hydrogens (tertiary/aromatic N) is 1. The smallest absolute Gasteiger partial charge is 0.106 e. The van der Waals surface area contributed by atoms with Gasteiger partial charge in [-0.05, 0) is 64.0 Å². The van der Waals surface area contributed by atoms with Crippen LogP contribution < -0.4 is 0 Å². The van der Waals surface area contributed by atoms with Crippen LogP contribution in [0.5, 0.6) is 0 Å². The third kappa shape index (κ3) is 4.19. The molecule has 0 atom stereocenters. The molecule has 1 heterocycles. The van der Waals surface area contributed by atoms with Gasteiger partial charge >= 0.3 is 0 Å². The van der Waals surface area contributed by atoms with Crippen molar-refractivity contribution in [2.45, 2.75) is 59.3 Å². The lowest BCUT2D eigenvalue weighted by molar-refractivity contribution is 0.872. The average molecular weight is 360 g/mol. The number of aromatic nitrogens is 1. The molecule has 0 N–H and O–H groups in total. The lowest BCUT2D eigenvalue weighted by Gasteiger charge is -2.17. The third-order valence-corrected chi connectivity index (χ3v) is 4.35. The van der Waals surface area contributed by atoms with Gasteiger partial charge in [-0.1, -0.05) is 58.2 Å². The first-order valence-electron chi connectivity index (χ1n) is 8.47. The average Bonchev–Trinajstić information content (AvgIpc) is 2.48. The summed E-state index contributed by atoms with van der Waals surface area (Å²) in [5, 5.41) is 0. The van der Waals surface area contributed by atoms with Gasteiger partial charge in [0, 0.05) is 5.56 Å². The Bertz CT molecular complexity index is 592. The molecule has 0 unspecified atom stereocenters. The zero-order valence-corrected chi connectivity index (χ0v) is 15.5. The van der Waals surface area contributed by atoms with Crippen LogP contribution in [0.1, 0.15) is 56.7 Å². The number of hydrogen-bond donors (Lipinski definition) is 0. The summed E-state index contributed by atoms with van der Waals surface area (Å²) >= 11 is 3.51. The molecule has 0 aliphatic heterocycles.